The summed E-state index contributed by atoms with van der Waals surface area (Å²) in [6, 6.07) is 16.3. The molecule has 2 rings (SSSR count). The fraction of sp³-hybridized carbons (Fsp3) is 0.278. The molecule has 0 unspecified atom stereocenters. The molecule has 0 fully saturated rings. The summed E-state index contributed by atoms with van der Waals surface area (Å²) in [7, 11) is 1.68. The summed E-state index contributed by atoms with van der Waals surface area (Å²) in [6.07, 6.45) is 0.884. The number of aliphatic imine (C=N–C) groups is 1. The third-order valence-electron chi connectivity index (χ3n) is 3.50. The maximum absolute atomic E-state index is 5.97. The average molecular weight is 297 g/mol. The van der Waals surface area contributed by atoms with Crippen molar-refractivity contribution in [1.29, 1.82) is 0 Å². The van der Waals surface area contributed by atoms with Gasteiger partial charge in [-0.2, -0.15) is 0 Å². The van der Waals surface area contributed by atoms with Crippen LogP contribution in [-0.4, -0.2) is 19.6 Å². The van der Waals surface area contributed by atoms with E-state index in [0.29, 0.717) is 19.1 Å². The van der Waals surface area contributed by atoms with E-state index in [-0.39, 0.29) is 0 Å². The number of ether oxygens (including phenoxy) is 1. The first-order chi connectivity index (χ1) is 10.7. The Morgan fingerprint density at radius 2 is 1.77 bits per heavy atom. The Hall–Kier alpha value is -2.33. The Kier molecular flexibility index (Phi) is 5.98. The molecule has 4 nitrogen and oxygen atoms in total. The number of nitrogens with one attached hydrogen (secondary N) is 1. The number of methoxy groups -OCH3 is 1. The quantitative estimate of drug-likeness (QED) is 0.636. The first-order valence-corrected chi connectivity index (χ1v) is 7.39. The van der Waals surface area contributed by atoms with Crippen LogP contribution in [0.1, 0.15) is 16.7 Å². The van der Waals surface area contributed by atoms with Crippen molar-refractivity contribution in [2.24, 2.45) is 10.7 Å². The van der Waals surface area contributed by atoms with Crippen molar-refractivity contribution >= 4 is 11.6 Å². The van der Waals surface area contributed by atoms with Crippen molar-refractivity contribution in [2.75, 3.05) is 19.0 Å². The van der Waals surface area contributed by atoms with Gasteiger partial charge in [0.1, 0.15) is 0 Å². The van der Waals surface area contributed by atoms with Crippen molar-refractivity contribution in [3.63, 3.8) is 0 Å². The zero-order valence-electron chi connectivity index (χ0n) is 13.2. The topological polar surface area (TPSA) is 59.6 Å². The van der Waals surface area contributed by atoms with Crippen molar-refractivity contribution in [2.45, 2.75) is 20.0 Å². The molecule has 2 aromatic carbocycles. The Labute approximate surface area is 132 Å². The molecule has 0 heterocycles. The number of nitrogens with zero attached hydrogens (tertiary/aromatic N) is 1. The third kappa shape index (κ3) is 4.60. The molecule has 0 aliphatic carbocycles. The van der Waals surface area contributed by atoms with Crippen LogP contribution in [0.2, 0.25) is 0 Å². The van der Waals surface area contributed by atoms with Gasteiger partial charge < -0.3 is 15.8 Å². The minimum Gasteiger partial charge on any atom is -0.380 e. The molecular weight excluding hydrogens is 274 g/mol. The fourth-order valence-electron chi connectivity index (χ4n) is 2.29. The van der Waals surface area contributed by atoms with Gasteiger partial charge in [-0.3, -0.25) is 4.99 Å². The minimum atomic E-state index is 0.428. The SMILES string of the molecule is COCc1ccccc1NC(N)=NCCc1ccccc1C. The van der Waals surface area contributed by atoms with Gasteiger partial charge in [-0.1, -0.05) is 42.5 Å². The summed E-state index contributed by atoms with van der Waals surface area (Å²) in [5.74, 6) is 0.428. The smallest absolute Gasteiger partial charge is 0.193 e. The highest BCUT2D eigenvalue weighted by Crippen LogP contribution is 2.15. The Balaban J connectivity index is 1.94. The first kappa shape index (κ1) is 16.0. The van der Waals surface area contributed by atoms with Gasteiger partial charge in [-0.25, -0.2) is 0 Å². The standard InChI is InChI=1S/C18H23N3O/c1-14-7-3-4-8-15(14)11-12-20-18(19)21-17-10-6-5-9-16(17)13-22-2/h3-10H,11-13H2,1-2H3,(H3,19,20,21). The summed E-state index contributed by atoms with van der Waals surface area (Å²) in [6.45, 7) is 3.32. The van der Waals surface area contributed by atoms with E-state index in [4.69, 9.17) is 10.5 Å². The third-order valence-corrected chi connectivity index (χ3v) is 3.50. The molecule has 0 amide bonds. The van der Waals surface area contributed by atoms with Gasteiger partial charge in [0.2, 0.25) is 0 Å². The Morgan fingerprint density at radius 1 is 1.09 bits per heavy atom. The maximum atomic E-state index is 5.97. The van der Waals surface area contributed by atoms with Crippen LogP contribution in [0, 0.1) is 6.92 Å². The zero-order chi connectivity index (χ0) is 15.8. The van der Waals surface area contributed by atoms with Crippen molar-refractivity contribution < 1.29 is 4.74 Å². The first-order valence-electron chi connectivity index (χ1n) is 7.39. The minimum absolute atomic E-state index is 0.428. The normalized spacial score (nSPS) is 11.5. The summed E-state index contributed by atoms with van der Waals surface area (Å²) in [5.41, 5.74) is 10.6. The van der Waals surface area contributed by atoms with E-state index < -0.39 is 0 Å². The number of anilines is 1. The van der Waals surface area contributed by atoms with Crippen LogP contribution in [0.5, 0.6) is 0 Å². The second-order valence-corrected chi connectivity index (χ2v) is 5.16. The molecule has 2 aromatic rings. The summed E-state index contributed by atoms with van der Waals surface area (Å²) >= 11 is 0. The van der Waals surface area contributed by atoms with Gasteiger partial charge in [-0.05, 0) is 30.5 Å². The number of para-hydroxylation sites is 1. The fourth-order valence-corrected chi connectivity index (χ4v) is 2.29. The van der Waals surface area contributed by atoms with E-state index in [2.05, 4.69) is 35.4 Å². The maximum Gasteiger partial charge on any atom is 0.193 e. The number of nitrogens with two attached hydrogens (primary N) is 1. The van der Waals surface area contributed by atoms with Crippen LogP contribution in [0.3, 0.4) is 0 Å². The second kappa shape index (κ2) is 8.20. The molecule has 0 saturated carbocycles. The Morgan fingerprint density at radius 3 is 2.50 bits per heavy atom. The van der Waals surface area contributed by atoms with E-state index in [1.807, 2.05) is 30.3 Å². The highest BCUT2D eigenvalue weighted by Gasteiger charge is 2.02. The van der Waals surface area contributed by atoms with E-state index in [9.17, 15) is 0 Å². The lowest BCUT2D eigenvalue weighted by Gasteiger charge is -2.11. The van der Waals surface area contributed by atoms with Gasteiger partial charge in [-0.15, -0.1) is 0 Å². The molecule has 4 heteroatoms. The molecule has 0 spiro atoms. The molecule has 0 saturated heterocycles. The van der Waals surface area contributed by atoms with Crippen LogP contribution < -0.4 is 11.1 Å². The van der Waals surface area contributed by atoms with Gasteiger partial charge in [0.25, 0.3) is 0 Å². The predicted molar refractivity (Wildman–Crippen MR) is 92.2 cm³/mol. The highest BCUT2D eigenvalue weighted by molar-refractivity contribution is 5.92. The molecule has 0 aliphatic rings. The molecular formula is C18H23N3O. The molecule has 22 heavy (non-hydrogen) atoms. The van der Waals surface area contributed by atoms with E-state index in [1.165, 1.54) is 11.1 Å². The predicted octanol–water partition coefficient (Wildman–Crippen LogP) is 3.11. The van der Waals surface area contributed by atoms with Gasteiger partial charge in [0.05, 0.1) is 6.61 Å². The van der Waals surface area contributed by atoms with Crippen LogP contribution >= 0.6 is 0 Å². The van der Waals surface area contributed by atoms with Crippen molar-refractivity contribution in [3.8, 4) is 0 Å². The zero-order valence-corrected chi connectivity index (χ0v) is 13.2. The largest absolute Gasteiger partial charge is 0.380 e. The molecule has 0 radical (unpaired) electrons. The van der Waals surface area contributed by atoms with Gasteiger partial charge in [0, 0.05) is 24.9 Å². The summed E-state index contributed by atoms with van der Waals surface area (Å²) < 4.78 is 5.18. The van der Waals surface area contributed by atoms with Crippen molar-refractivity contribution in [1.82, 2.24) is 0 Å². The van der Waals surface area contributed by atoms with Crippen LogP contribution in [0.25, 0.3) is 0 Å². The summed E-state index contributed by atoms with van der Waals surface area (Å²) in [4.78, 5) is 4.40. The highest BCUT2D eigenvalue weighted by atomic mass is 16.5. The van der Waals surface area contributed by atoms with Crippen molar-refractivity contribution in [3.05, 3.63) is 65.2 Å². The lowest BCUT2D eigenvalue weighted by molar-refractivity contribution is 0.185. The summed E-state index contributed by atoms with van der Waals surface area (Å²) in [5, 5.41) is 3.14. The number of hydrogen-bond acceptors (Lipinski definition) is 2. The van der Waals surface area contributed by atoms with E-state index in [0.717, 1.165) is 17.7 Å². The molecule has 0 bridgehead atoms. The number of rotatable bonds is 6. The number of hydrogen-bond donors (Lipinski definition) is 2. The molecule has 0 aromatic heterocycles. The van der Waals surface area contributed by atoms with Crippen LogP contribution in [0.4, 0.5) is 5.69 Å². The average Bonchev–Trinajstić information content (AvgIpc) is 2.51. The van der Waals surface area contributed by atoms with E-state index >= 15 is 0 Å². The molecule has 0 atom stereocenters. The van der Waals surface area contributed by atoms with Crippen LogP contribution in [0.15, 0.2) is 53.5 Å². The van der Waals surface area contributed by atoms with Crippen LogP contribution in [-0.2, 0) is 17.8 Å². The lowest BCUT2D eigenvalue weighted by atomic mass is 10.1. The Bertz CT molecular complexity index is 638. The van der Waals surface area contributed by atoms with Gasteiger partial charge >= 0.3 is 0 Å². The number of aryl methyl sites for hydroxylation is 1. The molecule has 0 aliphatic heterocycles. The lowest BCUT2D eigenvalue weighted by Crippen LogP contribution is -2.23. The monoisotopic (exact) mass is 297 g/mol. The molecule has 116 valence electrons. The van der Waals surface area contributed by atoms with Gasteiger partial charge in [0.15, 0.2) is 5.96 Å². The van der Waals surface area contributed by atoms with E-state index in [1.54, 1.807) is 7.11 Å². The number of benzene rings is 2. The second-order valence-electron chi connectivity index (χ2n) is 5.16. The molecule has 3 N–H and O–H groups in total. The number of guanidine groups is 1.